The molecule has 0 spiro atoms. The Bertz CT molecular complexity index is 249. The molecule has 0 aliphatic heterocycles. The van der Waals surface area contributed by atoms with Gasteiger partial charge < -0.3 is 21.3 Å². The van der Waals surface area contributed by atoms with E-state index < -0.39 is 24.0 Å². The summed E-state index contributed by atoms with van der Waals surface area (Å²) in [6, 6.07) is -1.57. The topological polar surface area (TPSA) is 116 Å². The predicted octanol–water partition coefficient (Wildman–Crippen LogP) is 0.514. The van der Waals surface area contributed by atoms with Gasteiger partial charge in [0.25, 0.3) is 0 Å². The Morgan fingerprint density at radius 2 is 1.61 bits per heavy atom. The van der Waals surface area contributed by atoms with Crippen LogP contribution in [0.4, 0.5) is 0 Å². The molecule has 0 aliphatic carbocycles. The Morgan fingerprint density at radius 3 is 2.00 bits per heavy atom. The van der Waals surface area contributed by atoms with Crippen LogP contribution in [-0.4, -0.2) is 47.2 Å². The third kappa shape index (κ3) is 11.2. The highest BCUT2D eigenvalue weighted by Crippen LogP contribution is 2.22. The molecule has 0 amide bonds. The largest absolute Gasteiger partial charge is 0.480 e. The summed E-state index contributed by atoms with van der Waals surface area (Å²) < 4.78 is 4.71. The zero-order valence-corrected chi connectivity index (χ0v) is 13.0. The first-order valence-electron chi connectivity index (χ1n) is 4.64. The molecule has 0 fully saturated rings. The van der Waals surface area contributed by atoms with Crippen molar-refractivity contribution >= 4 is 58.3 Å². The summed E-state index contributed by atoms with van der Waals surface area (Å²) in [6.07, 6.45) is 0. The number of rotatable bonds is 8. The second-order valence-corrected chi connectivity index (χ2v) is 5.42. The van der Waals surface area contributed by atoms with Crippen LogP contribution in [-0.2, 0) is 14.3 Å². The van der Waals surface area contributed by atoms with Crippen molar-refractivity contribution < 1.29 is 19.4 Å². The van der Waals surface area contributed by atoms with Gasteiger partial charge in [-0.15, -0.1) is 24.8 Å². The number of nitrogens with two attached hydrogens (primary N) is 2. The summed E-state index contributed by atoms with van der Waals surface area (Å²) in [7, 11) is 2.59. The maximum Gasteiger partial charge on any atom is 0.323 e. The van der Waals surface area contributed by atoms with Crippen LogP contribution in [0.5, 0.6) is 0 Å². The van der Waals surface area contributed by atoms with Crippen molar-refractivity contribution in [1.29, 1.82) is 0 Å². The van der Waals surface area contributed by atoms with Crippen molar-refractivity contribution in [2.24, 2.45) is 11.5 Å². The lowest BCUT2D eigenvalue weighted by Gasteiger charge is -2.10. The third-order valence-corrected chi connectivity index (χ3v) is 3.96. The Kier molecular flexibility index (Phi) is 17.5. The van der Waals surface area contributed by atoms with Gasteiger partial charge in [0.05, 0.1) is 6.61 Å². The SMILES string of the molecule is CCOC(=O)[C@@H](N)CSSC[C@H](N)C(=O)O.Cl.Cl. The summed E-state index contributed by atoms with van der Waals surface area (Å²) in [5.74, 6) is -0.841. The van der Waals surface area contributed by atoms with Gasteiger partial charge >= 0.3 is 11.9 Å². The van der Waals surface area contributed by atoms with E-state index in [9.17, 15) is 9.59 Å². The van der Waals surface area contributed by atoms with Gasteiger partial charge in [-0.05, 0) is 6.92 Å². The number of halogens is 2. The molecule has 0 aromatic heterocycles. The highest BCUT2D eigenvalue weighted by atomic mass is 35.5. The maximum atomic E-state index is 11.1. The van der Waals surface area contributed by atoms with Crippen molar-refractivity contribution in [3.05, 3.63) is 0 Å². The van der Waals surface area contributed by atoms with Crippen molar-refractivity contribution in [3.8, 4) is 0 Å². The molecule has 0 aromatic carbocycles. The van der Waals surface area contributed by atoms with Crippen LogP contribution >= 0.6 is 46.4 Å². The van der Waals surface area contributed by atoms with E-state index in [4.69, 9.17) is 21.3 Å². The first-order valence-corrected chi connectivity index (χ1v) is 7.12. The Labute approximate surface area is 126 Å². The van der Waals surface area contributed by atoms with E-state index in [0.717, 1.165) is 0 Å². The second-order valence-electron chi connectivity index (χ2n) is 2.87. The number of carbonyl (C=O) groups is 2. The average Bonchev–Trinajstić information content (AvgIpc) is 2.23. The molecule has 6 nitrogen and oxygen atoms in total. The third-order valence-electron chi connectivity index (χ3n) is 1.49. The number of hydrogen-bond acceptors (Lipinski definition) is 7. The molecule has 0 aromatic rings. The second kappa shape index (κ2) is 13.6. The van der Waals surface area contributed by atoms with E-state index in [1.807, 2.05) is 0 Å². The van der Waals surface area contributed by atoms with Crippen LogP contribution in [0.15, 0.2) is 0 Å². The lowest BCUT2D eigenvalue weighted by atomic mass is 10.4. The smallest absolute Gasteiger partial charge is 0.323 e. The van der Waals surface area contributed by atoms with Crippen LogP contribution in [0.25, 0.3) is 0 Å². The summed E-state index contributed by atoms with van der Waals surface area (Å²) in [5, 5.41) is 8.50. The summed E-state index contributed by atoms with van der Waals surface area (Å²) in [4.78, 5) is 21.5. The van der Waals surface area contributed by atoms with Crippen LogP contribution in [0, 0.1) is 0 Å². The molecule has 0 saturated heterocycles. The first kappa shape index (κ1) is 23.2. The molecule has 0 unspecified atom stereocenters. The molecule has 0 bridgehead atoms. The molecule has 0 heterocycles. The van der Waals surface area contributed by atoms with Gasteiger partial charge in [0.15, 0.2) is 0 Å². The summed E-state index contributed by atoms with van der Waals surface area (Å²) in [5.41, 5.74) is 10.8. The highest BCUT2D eigenvalue weighted by molar-refractivity contribution is 8.76. The number of carboxylic acid groups (broad SMARTS) is 1. The number of carboxylic acids is 1. The number of ether oxygens (including phenoxy) is 1. The van der Waals surface area contributed by atoms with Crippen LogP contribution in [0.2, 0.25) is 0 Å². The highest BCUT2D eigenvalue weighted by Gasteiger charge is 2.16. The normalized spacial score (nSPS) is 12.6. The predicted molar refractivity (Wildman–Crippen MR) is 79.6 cm³/mol. The minimum Gasteiger partial charge on any atom is -0.480 e. The molecule has 5 N–H and O–H groups in total. The van der Waals surface area contributed by atoms with Gasteiger partial charge in [-0.1, -0.05) is 21.6 Å². The van der Waals surface area contributed by atoms with Crippen LogP contribution in [0.1, 0.15) is 6.92 Å². The molecule has 0 aliphatic rings. The fraction of sp³-hybridized carbons (Fsp3) is 0.750. The molecule has 0 saturated carbocycles. The average molecular weight is 341 g/mol. The molecule has 110 valence electrons. The number of carbonyl (C=O) groups excluding carboxylic acids is 1. The van der Waals surface area contributed by atoms with E-state index in [1.54, 1.807) is 6.92 Å². The lowest BCUT2D eigenvalue weighted by molar-refractivity contribution is -0.144. The number of esters is 1. The van der Waals surface area contributed by atoms with Crippen molar-refractivity contribution in [2.75, 3.05) is 18.1 Å². The molecule has 0 radical (unpaired) electrons. The Hall–Kier alpha value is 0.140. The fourth-order valence-electron chi connectivity index (χ4n) is 0.631. The molecular formula is C8H18Cl2N2O4S2. The monoisotopic (exact) mass is 340 g/mol. The van der Waals surface area contributed by atoms with Gasteiger partial charge in [0.1, 0.15) is 12.1 Å². The van der Waals surface area contributed by atoms with E-state index in [0.29, 0.717) is 12.4 Å². The number of hydrogen-bond donors (Lipinski definition) is 3. The molecule has 18 heavy (non-hydrogen) atoms. The van der Waals surface area contributed by atoms with E-state index in [-0.39, 0.29) is 30.6 Å². The number of aliphatic carboxylic acids is 1. The van der Waals surface area contributed by atoms with E-state index in [1.165, 1.54) is 21.6 Å². The van der Waals surface area contributed by atoms with Gasteiger partial charge in [-0.25, -0.2) is 0 Å². The van der Waals surface area contributed by atoms with Crippen LogP contribution in [0.3, 0.4) is 0 Å². The van der Waals surface area contributed by atoms with E-state index in [2.05, 4.69) is 0 Å². The van der Waals surface area contributed by atoms with E-state index >= 15 is 0 Å². The van der Waals surface area contributed by atoms with Crippen molar-refractivity contribution in [3.63, 3.8) is 0 Å². The maximum absolute atomic E-state index is 11.1. The Morgan fingerprint density at radius 1 is 1.17 bits per heavy atom. The summed E-state index contributed by atoms with van der Waals surface area (Å²) in [6.45, 7) is 2.01. The van der Waals surface area contributed by atoms with Crippen molar-refractivity contribution in [1.82, 2.24) is 0 Å². The standard InChI is InChI=1S/C8H16N2O4S2.2ClH/c1-2-14-8(13)6(10)4-16-15-3-5(9)7(11)12;;/h5-6H,2-4,9-10H2,1H3,(H,11,12);2*1H/t5-,6-;;/m0../s1. The minimum absolute atomic E-state index is 0. The van der Waals surface area contributed by atoms with Crippen molar-refractivity contribution in [2.45, 2.75) is 19.0 Å². The molecule has 10 heteroatoms. The molecule has 0 rings (SSSR count). The first-order chi connectivity index (χ1) is 7.49. The zero-order valence-electron chi connectivity index (χ0n) is 9.74. The molecule has 2 atom stereocenters. The summed E-state index contributed by atoms with van der Waals surface area (Å²) >= 11 is 0. The van der Waals surface area contributed by atoms with Gasteiger partial charge in [0, 0.05) is 11.5 Å². The lowest BCUT2D eigenvalue weighted by Crippen LogP contribution is -2.35. The quantitative estimate of drug-likeness (QED) is 0.332. The molecular weight excluding hydrogens is 323 g/mol. The van der Waals surface area contributed by atoms with Crippen LogP contribution < -0.4 is 11.5 Å². The Balaban J connectivity index is -0.00000112. The minimum atomic E-state index is -1.04. The van der Waals surface area contributed by atoms with Gasteiger partial charge in [0.2, 0.25) is 0 Å². The van der Waals surface area contributed by atoms with Gasteiger partial charge in [-0.2, -0.15) is 0 Å². The van der Waals surface area contributed by atoms with Gasteiger partial charge in [-0.3, -0.25) is 9.59 Å². The zero-order chi connectivity index (χ0) is 12.6. The fourth-order valence-corrected chi connectivity index (χ4v) is 2.85.